The number of furan rings is 1. The number of amides is 1. The largest absolute Gasteiger partial charge is 0.493 e. The van der Waals surface area contributed by atoms with Crippen molar-refractivity contribution in [3.05, 3.63) is 35.1 Å². The van der Waals surface area contributed by atoms with E-state index in [0.717, 1.165) is 67.3 Å². The molecule has 5 nitrogen and oxygen atoms in total. The Labute approximate surface area is 166 Å². The molecule has 0 saturated carbocycles. The van der Waals surface area contributed by atoms with Crippen LogP contribution in [0, 0.1) is 0 Å². The number of ether oxygens (including phenoxy) is 1. The van der Waals surface area contributed by atoms with Gasteiger partial charge in [-0.1, -0.05) is 0 Å². The Morgan fingerprint density at radius 2 is 1.93 bits per heavy atom. The maximum absolute atomic E-state index is 12.8. The molecule has 1 aliphatic heterocycles. The third-order valence-electron chi connectivity index (χ3n) is 5.94. The Morgan fingerprint density at radius 1 is 1.18 bits per heavy atom. The number of carbonyl (C=O) groups excluding carboxylic acids is 1. The van der Waals surface area contributed by atoms with Crippen LogP contribution in [0.15, 0.2) is 22.6 Å². The van der Waals surface area contributed by atoms with Crippen LogP contribution in [0.2, 0.25) is 0 Å². The SMILES string of the molecule is CCOc1cc2oc3c(c2cc1/C(C)=C/C(=O)N1CCN(C)CC1)CCCC3. The number of piperazine rings is 1. The molecule has 0 N–H and O–H groups in total. The van der Waals surface area contributed by atoms with E-state index >= 15 is 0 Å². The molecule has 1 amide bonds. The molecule has 2 heterocycles. The lowest BCUT2D eigenvalue weighted by Crippen LogP contribution is -2.46. The highest BCUT2D eigenvalue weighted by molar-refractivity contribution is 5.97. The summed E-state index contributed by atoms with van der Waals surface area (Å²) < 4.78 is 12.0. The van der Waals surface area contributed by atoms with Crippen molar-refractivity contribution in [3.63, 3.8) is 0 Å². The van der Waals surface area contributed by atoms with E-state index in [1.54, 1.807) is 6.08 Å². The molecule has 1 fully saturated rings. The van der Waals surface area contributed by atoms with Crippen molar-refractivity contribution in [2.24, 2.45) is 0 Å². The molecule has 0 bridgehead atoms. The summed E-state index contributed by atoms with van der Waals surface area (Å²) in [5, 5.41) is 1.17. The minimum absolute atomic E-state index is 0.0855. The summed E-state index contributed by atoms with van der Waals surface area (Å²) in [6, 6.07) is 4.17. The molecule has 2 aliphatic rings. The molecule has 1 saturated heterocycles. The fourth-order valence-electron chi connectivity index (χ4n) is 4.25. The fraction of sp³-hybridized carbons (Fsp3) is 0.522. The molecule has 0 unspecified atom stereocenters. The first kappa shape index (κ1) is 19.1. The van der Waals surface area contributed by atoms with Gasteiger partial charge in [-0.15, -0.1) is 0 Å². The van der Waals surface area contributed by atoms with Gasteiger partial charge >= 0.3 is 0 Å². The van der Waals surface area contributed by atoms with E-state index in [1.165, 1.54) is 23.8 Å². The fourth-order valence-corrected chi connectivity index (χ4v) is 4.25. The molecule has 1 aromatic heterocycles. The third-order valence-corrected chi connectivity index (χ3v) is 5.94. The normalized spacial score (nSPS) is 18.4. The van der Waals surface area contributed by atoms with Crippen LogP contribution < -0.4 is 4.74 Å². The predicted octanol–water partition coefficient (Wildman–Crippen LogP) is 3.89. The number of allylic oxidation sites excluding steroid dienone is 1. The van der Waals surface area contributed by atoms with E-state index in [1.807, 2.05) is 24.8 Å². The molecular formula is C23H30N2O3. The summed E-state index contributed by atoms with van der Waals surface area (Å²) in [4.78, 5) is 17.0. The molecule has 1 aliphatic carbocycles. The number of carbonyl (C=O) groups is 1. The smallest absolute Gasteiger partial charge is 0.246 e. The number of nitrogens with zero attached hydrogens (tertiary/aromatic N) is 2. The first-order chi connectivity index (χ1) is 13.6. The molecule has 28 heavy (non-hydrogen) atoms. The molecule has 150 valence electrons. The van der Waals surface area contributed by atoms with Crippen molar-refractivity contribution in [1.82, 2.24) is 9.80 Å². The van der Waals surface area contributed by atoms with Gasteiger partial charge in [-0.25, -0.2) is 0 Å². The van der Waals surface area contributed by atoms with Crippen LogP contribution in [0.3, 0.4) is 0 Å². The second-order valence-corrected chi connectivity index (χ2v) is 7.94. The molecular weight excluding hydrogens is 352 g/mol. The van der Waals surface area contributed by atoms with E-state index in [9.17, 15) is 4.79 Å². The minimum Gasteiger partial charge on any atom is -0.493 e. The monoisotopic (exact) mass is 382 g/mol. The minimum atomic E-state index is 0.0855. The van der Waals surface area contributed by atoms with Gasteiger partial charge in [0, 0.05) is 61.3 Å². The van der Waals surface area contributed by atoms with Crippen LogP contribution in [-0.4, -0.2) is 55.5 Å². The maximum atomic E-state index is 12.8. The lowest BCUT2D eigenvalue weighted by molar-refractivity contribution is -0.127. The van der Waals surface area contributed by atoms with Crippen molar-refractivity contribution < 1.29 is 13.9 Å². The van der Waals surface area contributed by atoms with Gasteiger partial charge in [0.15, 0.2) is 0 Å². The third kappa shape index (κ3) is 3.68. The summed E-state index contributed by atoms with van der Waals surface area (Å²) in [6.07, 6.45) is 6.25. The van der Waals surface area contributed by atoms with E-state index in [0.29, 0.717) is 6.61 Å². The summed E-state index contributed by atoms with van der Waals surface area (Å²) in [7, 11) is 2.10. The molecule has 1 aromatic carbocycles. The topological polar surface area (TPSA) is 45.9 Å². The Kier molecular flexibility index (Phi) is 5.44. The van der Waals surface area contributed by atoms with Crippen molar-refractivity contribution in [2.45, 2.75) is 39.5 Å². The molecule has 5 heteroatoms. The Morgan fingerprint density at radius 3 is 2.68 bits per heavy atom. The zero-order valence-corrected chi connectivity index (χ0v) is 17.2. The van der Waals surface area contributed by atoms with Crippen molar-refractivity contribution in [1.29, 1.82) is 0 Å². The second-order valence-electron chi connectivity index (χ2n) is 7.94. The van der Waals surface area contributed by atoms with E-state index < -0.39 is 0 Å². The van der Waals surface area contributed by atoms with Gasteiger partial charge in [-0.2, -0.15) is 0 Å². The van der Waals surface area contributed by atoms with Gasteiger partial charge in [0.1, 0.15) is 17.1 Å². The van der Waals surface area contributed by atoms with Gasteiger partial charge in [0.25, 0.3) is 0 Å². The summed E-state index contributed by atoms with van der Waals surface area (Å²) in [6.45, 7) is 7.99. The van der Waals surface area contributed by atoms with E-state index in [2.05, 4.69) is 18.0 Å². The number of aryl methyl sites for hydroxylation is 2. The number of benzene rings is 1. The zero-order chi connectivity index (χ0) is 19.7. The van der Waals surface area contributed by atoms with Crippen LogP contribution in [0.1, 0.15) is 43.6 Å². The Hall–Kier alpha value is -2.27. The van der Waals surface area contributed by atoms with Crippen LogP contribution >= 0.6 is 0 Å². The molecule has 0 radical (unpaired) electrons. The number of fused-ring (bicyclic) bond motifs is 3. The quantitative estimate of drug-likeness (QED) is 0.753. The summed E-state index contributed by atoms with van der Waals surface area (Å²) >= 11 is 0. The molecule has 4 rings (SSSR count). The Bertz CT molecular complexity index is 904. The van der Waals surface area contributed by atoms with Crippen LogP contribution in [-0.2, 0) is 17.6 Å². The van der Waals surface area contributed by atoms with Crippen molar-refractivity contribution >= 4 is 22.4 Å². The van der Waals surface area contributed by atoms with Crippen LogP contribution in [0.5, 0.6) is 5.75 Å². The van der Waals surface area contributed by atoms with E-state index in [4.69, 9.17) is 9.15 Å². The lowest BCUT2D eigenvalue weighted by Gasteiger charge is -2.31. The van der Waals surface area contributed by atoms with Gasteiger partial charge in [0.05, 0.1) is 6.61 Å². The number of rotatable bonds is 4. The number of likely N-dealkylation sites (N-methyl/N-ethyl adjacent to an activating group) is 1. The van der Waals surface area contributed by atoms with Gasteiger partial charge in [-0.05, 0) is 51.8 Å². The molecule has 0 atom stereocenters. The highest BCUT2D eigenvalue weighted by Gasteiger charge is 2.22. The van der Waals surface area contributed by atoms with Crippen LogP contribution in [0.4, 0.5) is 0 Å². The van der Waals surface area contributed by atoms with Crippen molar-refractivity contribution in [3.8, 4) is 5.75 Å². The van der Waals surface area contributed by atoms with Gasteiger partial charge < -0.3 is 19.0 Å². The maximum Gasteiger partial charge on any atom is 0.246 e. The van der Waals surface area contributed by atoms with Crippen molar-refractivity contribution in [2.75, 3.05) is 39.8 Å². The van der Waals surface area contributed by atoms with Gasteiger partial charge in [0.2, 0.25) is 5.91 Å². The lowest BCUT2D eigenvalue weighted by atomic mass is 9.94. The zero-order valence-electron chi connectivity index (χ0n) is 17.2. The highest BCUT2D eigenvalue weighted by Crippen LogP contribution is 2.38. The first-order valence-electron chi connectivity index (χ1n) is 10.4. The summed E-state index contributed by atoms with van der Waals surface area (Å²) in [5.41, 5.74) is 4.17. The molecule has 0 spiro atoms. The Balaban J connectivity index is 1.69. The average molecular weight is 383 g/mol. The van der Waals surface area contributed by atoms with Crippen LogP contribution in [0.25, 0.3) is 16.5 Å². The standard InChI is InChI=1S/C23H30N2O3/c1-4-27-21-15-22-19(17-7-5-6-8-20(17)28-22)14-18(21)16(2)13-23(26)25-11-9-24(3)10-12-25/h13-15H,4-12H2,1-3H3/b16-13+. The summed E-state index contributed by atoms with van der Waals surface area (Å²) in [5.74, 6) is 2.00. The first-order valence-corrected chi connectivity index (χ1v) is 10.4. The number of hydrogen-bond acceptors (Lipinski definition) is 4. The predicted molar refractivity (Wildman–Crippen MR) is 112 cm³/mol. The van der Waals surface area contributed by atoms with Gasteiger partial charge in [-0.3, -0.25) is 4.79 Å². The number of hydrogen-bond donors (Lipinski definition) is 0. The highest BCUT2D eigenvalue weighted by atomic mass is 16.5. The van der Waals surface area contributed by atoms with E-state index in [-0.39, 0.29) is 5.91 Å². The second kappa shape index (κ2) is 8.00. The average Bonchev–Trinajstić information content (AvgIpc) is 3.05. The molecule has 2 aromatic rings.